The van der Waals surface area contributed by atoms with E-state index in [0.717, 1.165) is 23.1 Å². The zero-order valence-electron chi connectivity index (χ0n) is 16.7. The molecular weight excluding hydrogens is 357 g/mol. The lowest BCUT2D eigenvalue weighted by molar-refractivity contribution is -0.0347. The predicted octanol–water partition coefficient (Wildman–Crippen LogP) is 3.67. The van der Waals surface area contributed by atoms with Crippen LogP contribution in [-0.2, 0) is 18.4 Å². The van der Waals surface area contributed by atoms with Crippen molar-refractivity contribution in [2.75, 3.05) is 19.6 Å². The Kier molecular flexibility index (Phi) is 6.38. The first-order valence-corrected chi connectivity index (χ1v) is 10.1. The third kappa shape index (κ3) is 4.37. The van der Waals surface area contributed by atoms with E-state index in [-0.39, 0.29) is 11.6 Å². The van der Waals surface area contributed by atoms with Crippen molar-refractivity contribution in [1.29, 1.82) is 0 Å². The van der Waals surface area contributed by atoms with Crippen molar-refractivity contribution in [3.8, 4) is 5.75 Å². The molecule has 1 aliphatic heterocycles. The summed E-state index contributed by atoms with van der Waals surface area (Å²) in [5.74, 6) is -0.0524. The molecule has 0 radical (unpaired) electrons. The lowest BCUT2D eigenvalue weighted by Gasteiger charge is -2.39. The molecule has 2 aromatic rings. The van der Waals surface area contributed by atoms with Gasteiger partial charge in [-0.15, -0.1) is 0 Å². The number of hydrogen-bond donors (Lipinski definition) is 3. The summed E-state index contributed by atoms with van der Waals surface area (Å²) >= 11 is 0. The molecule has 3 rings (SSSR count). The van der Waals surface area contributed by atoms with Crippen LogP contribution in [0.5, 0.6) is 5.75 Å². The summed E-state index contributed by atoms with van der Waals surface area (Å²) in [6, 6.07) is 9.85. The third-order valence-electron chi connectivity index (χ3n) is 5.94. The van der Waals surface area contributed by atoms with E-state index in [4.69, 9.17) is 0 Å². The van der Waals surface area contributed by atoms with E-state index in [2.05, 4.69) is 4.90 Å². The standard InChI is InChI=1S/C23H30FNO3/c1-3-16-13-21(26)17(4-2)12-20(16)22(27)15-25-10-8-23(28,9-11-25)18-6-5-7-19(24)14-18/h5-7,12-14,22,26-28H,3-4,8-11,15H2,1-2H3. The molecule has 0 saturated carbocycles. The van der Waals surface area contributed by atoms with Gasteiger partial charge in [0.2, 0.25) is 0 Å². The van der Waals surface area contributed by atoms with Crippen molar-refractivity contribution in [2.24, 2.45) is 0 Å². The summed E-state index contributed by atoms with van der Waals surface area (Å²) in [5, 5.41) is 31.9. The highest BCUT2D eigenvalue weighted by atomic mass is 19.1. The molecule has 1 saturated heterocycles. The maximum Gasteiger partial charge on any atom is 0.123 e. The highest BCUT2D eigenvalue weighted by Crippen LogP contribution is 2.34. The number of phenolic OH excluding ortho intramolecular Hbond substituents is 1. The Morgan fingerprint density at radius 2 is 1.75 bits per heavy atom. The summed E-state index contributed by atoms with van der Waals surface area (Å²) in [7, 11) is 0. The lowest BCUT2D eigenvalue weighted by Crippen LogP contribution is -2.44. The molecule has 2 aromatic carbocycles. The summed E-state index contributed by atoms with van der Waals surface area (Å²) in [5.41, 5.74) is 2.25. The second-order valence-electron chi connectivity index (χ2n) is 7.75. The number of β-amino-alcohol motifs (C(OH)–C–C–N with tert-alkyl or cyclic N) is 1. The monoisotopic (exact) mass is 387 g/mol. The van der Waals surface area contributed by atoms with Crippen LogP contribution >= 0.6 is 0 Å². The van der Waals surface area contributed by atoms with Crippen molar-refractivity contribution in [1.82, 2.24) is 4.90 Å². The van der Waals surface area contributed by atoms with Crippen LogP contribution in [0, 0.1) is 5.82 Å². The minimum absolute atomic E-state index is 0.286. The van der Waals surface area contributed by atoms with Gasteiger partial charge in [0.1, 0.15) is 11.6 Å². The average molecular weight is 387 g/mol. The number of likely N-dealkylation sites (tertiary alicyclic amines) is 1. The largest absolute Gasteiger partial charge is 0.508 e. The number of halogens is 1. The van der Waals surface area contributed by atoms with Crippen LogP contribution in [0.3, 0.4) is 0 Å². The molecule has 0 bridgehead atoms. The highest BCUT2D eigenvalue weighted by molar-refractivity contribution is 5.43. The Balaban J connectivity index is 1.68. The molecule has 0 aliphatic carbocycles. The van der Waals surface area contributed by atoms with Gasteiger partial charge in [-0.1, -0.05) is 26.0 Å². The zero-order chi connectivity index (χ0) is 20.3. The minimum Gasteiger partial charge on any atom is -0.508 e. The van der Waals surface area contributed by atoms with E-state index in [0.29, 0.717) is 44.5 Å². The molecular formula is C23H30FNO3. The normalized spacial score (nSPS) is 18.2. The van der Waals surface area contributed by atoms with Crippen LogP contribution in [0.15, 0.2) is 36.4 Å². The first-order valence-electron chi connectivity index (χ1n) is 10.1. The van der Waals surface area contributed by atoms with Crippen molar-refractivity contribution in [2.45, 2.75) is 51.2 Å². The first-order chi connectivity index (χ1) is 13.4. The second kappa shape index (κ2) is 8.60. The van der Waals surface area contributed by atoms with Crippen LogP contribution < -0.4 is 0 Å². The van der Waals surface area contributed by atoms with Crippen molar-refractivity contribution in [3.05, 3.63) is 64.5 Å². The lowest BCUT2D eigenvalue weighted by atomic mass is 9.84. The number of aromatic hydroxyl groups is 1. The van der Waals surface area contributed by atoms with Gasteiger partial charge in [-0.05, 0) is 72.2 Å². The Labute approximate surface area is 166 Å². The molecule has 1 aliphatic rings. The molecule has 5 heteroatoms. The van der Waals surface area contributed by atoms with Gasteiger partial charge < -0.3 is 20.2 Å². The van der Waals surface area contributed by atoms with Gasteiger partial charge in [-0.2, -0.15) is 0 Å². The second-order valence-corrected chi connectivity index (χ2v) is 7.75. The molecule has 3 N–H and O–H groups in total. The number of aliphatic hydroxyl groups is 2. The van der Waals surface area contributed by atoms with Crippen LogP contribution in [0.1, 0.15) is 55.0 Å². The quantitative estimate of drug-likeness (QED) is 0.708. The molecule has 1 heterocycles. The van der Waals surface area contributed by atoms with Gasteiger partial charge in [-0.25, -0.2) is 4.39 Å². The van der Waals surface area contributed by atoms with Crippen LogP contribution in [0.25, 0.3) is 0 Å². The Hall–Kier alpha value is -1.95. The van der Waals surface area contributed by atoms with Crippen LogP contribution in [-0.4, -0.2) is 39.9 Å². The van der Waals surface area contributed by atoms with Crippen molar-refractivity contribution >= 4 is 0 Å². The summed E-state index contributed by atoms with van der Waals surface area (Å²) in [6.45, 7) is 5.72. The van der Waals surface area contributed by atoms with Gasteiger partial charge in [-0.3, -0.25) is 0 Å². The smallest absolute Gasteiger partial charge is 0.123 e. The fourth-order valence-corrected chi connectivity index (χ4v) is 4.11. The molecule has 4 nitrogen and oxygen atoms in total. The van der Waals surface area contributed by atoms with E-state index in [1.165, 1.54) is 12.1 Å². The predicted molar refractivity (Wildman–Crippen MR) is 108 cm³/mol. The number of phenols is 1. The Morgan fingerprint density at radius 1 is 1.07 bits per heavy atom. The van der Waals surface area contributed by atoms with E-state index in [9.17, 15) is 19.7 Å². The summed E-state index contributed by atoms with van der Waals surface area (Å²) in [6.07, 6.45) is 1.80. The van der Waals surface area contributed by atoms with Gasteiger partial charge in [0.15, 0.2) is 0 Å². The topological polar surface area (TPSA) is 63.9 Å². The average Bonchev–Trinajstić information content (AvgIpc) is 2.69. The number of piperidine rings is 1. The minimum atomic E-state index is -1.02. The van der Waals surface area contributed by atoms with E-state index in [1.807, 2.05) is 19.9 Å². The van der Waals surface area contributed by atoms with Crippen LogP contribution in [0.4, 0.5) is 4.39 Å². The molecule has 1 fully saturated rings. The third-order valence-corrected chi connectivity index (χ3v) is 5.94. The molecule has 0 spiro atoms. The number of hydrogen-bond acceptors (Lipinski definition) is 4. The van der Waals surface area contributed by atoms with Crippen molar-refractivity contribution in [3.63, 3.8) is 0 Å². The SMILES string of the molecule is CCc1cc(C(O)CN2CCC(O)(c3cccc(F)c3)CC2)c(CC)cc1O. The molecule has 28 heavy (non-hydrogen) atoms. The molecule has 1 unspecified atom stereocenters. The first kappa shape index (κ1) is 20.8. The maximum atomic E-state index is 13.5. The molecule has 0 amide bonds. The number of nitrogens with zero attached hydrogens (tertiary/aromatic N) is 1. The van der Waals surface area contributed by atoms with Gasteiger partial charge >= 0.3 is 0 Å². The molecule has 0 aromatic heterocycles. The van der Waals surface area contributed by atoms with Crippen molar-refractivity contribution < 1.29 is 19.7 Å². The Morgan fingerprint density at radius 3 is 2.36 bits per heavy atom. The number of aliphatic hydroxyl groups excluding tert-OH is 1. The van der Waals surface area contributed by atoms with Gasteiger partial charge in [0.05, 0.1) is 11.7 Å². The maximum absolute atomic E-state index is 13.5. The van der Waals surface area contributed by atoms with E-state index in [1.54, 1.807) is 18.2 Å². The Bertz CT molecular complexity index is 815. The fraction of sp³-hybridized carbons (Fsp3) is 0.478. The zero-order valence-corrected chi connectivity index (χ0v) is 16.7. The molecule has 1 atom stereocenters. The fourth-order valence-electron chi connectivity index (χ4n) is 4.11. The highest BCUT2D eigenvalue weighted by Gasteiger charge is 2.34. The van der Waals surface area contributed by atoms with Gasteiger partial charge in [0, 0.05) is 19.6 Å². The summed E-state index contributed by atoms with van der Waals surface area (Å²) in [4.78, 5) is 2.14. The van der Waals surface area contributed by atoms with Gasteiger partial charge in [0.25, 0.3) is 0 Å². The summed E-state index contributed by atoms with van der Waals surface area (Å²) < 4.78 is 13.5. The van der Waals surface area contributed by atoms with E-state index >= 15 is 0 Å². The molecule has 152 valence electrons. The number of aryl methyl sites for hydroxylation is 2. The van der Waals surface area contributed by atoms with Crippen LogP contribution in [0.2, 0.25) is 0 Å². The van der Waals surface area contributed by atoms with E-state index < -0.39 is 11.7 Å². The number of benzene rings is 2. The number of rotatable bonds is 6.